The van der Waals surface area contributed by atoms with Gasteiger partial charge in [0.2, 0.25) is 0 Å². The second-order valence-electron chi connectivity index (χ2n) is 7.66. The van der Waals surface area contributed by atoms with Crippen molar-refractivity contribution in [2.45, 2.75) is 12.5 Å². The van der Waals surface area contributed by atoms with Gasteiger partial charge in [-0.1, -0.05) is 64.1 Å². The van der Waals surface area contributed by atoms with E-state index >= 15 is 0 Å². The second-order valence-corrected chi connectivity index (χ2v) is 10.4. The van der Waals surface area contributed by atoms with E-state index in [0.29, 0.717) is 19.7 Å². The highest BCUT2D eigenvalue weighted by atomic mass is 33.1. The van der Waals surface area contributed by atoms with E-state index in [0.717, 1.165) is 58.1 Å². The predicted octanol–water partition coefficient (Wildman–Crippen LogP) is 4.14. The molecule has 3 rings (SSSR count). The number of aliphatic hydroxyl groups is 1. The lowest BCUT2D eigenvalue weighted by Crippen LogP contribution is -2.32. The molecule has 34 heavy (non-hydrogen) atoms. The van der Waals surface area contributed by atoms with E-state index in [4.69, 9.17) is 19.9 Å². The van der Waals surface area contributed by atoms with Crippen LogP contribution in [0.1, 0.15) is 5.56 Å². The predicted molar refractivity (Wildman–Crippen MR) is 144 cm³/mol. The van der Waals surface area contributed by atoms with Crippen molar-refractivity contribution in [2.24, 2.45) is 5.73 Å². The van der Waals surface area contributed by atoms with Crippen LogP contribution in [0.2, 0.25) is 0 Å². The van der Waals surface area contributed by atoms with Crippen LogP contribution in [0.15, 0.2) is 60.7 Å². The highest BCUT2D eigenvalue weighted by Gasteiger charge is 2.09. The highest BCUT2D eigenvalue weighted by Crippen LogP contribution is 2.29. The molecule has 0 fully saturated rings. The Hall–Kier alpha value is -2.10. The molecule has 3 aromatic rings. The van der Waals surface area contributed by atoms with Crippen LogP contribution in [-0.2, 0) is 6.42 Å². The summed E-state index contributed by atoms with van der Waals surface area (Å²) in [4.78, 5) is 0. The smallest absolute Gasteiger partial charge is 0.161 e. The van der Waals surface area contributed by atoms with Crippen LogP contribution in [0.5, 0.6) is 17.2 Å². The number of ether oxygens (including phenoxy) is 3. The molecule has 4 N–H and O–H groups in total. The fourth-order valence-corrected chi connectivity index (χ4v) is 5.09. The van der Waals surface area contributed by atoms with Crippen molar-refractivity contribution in [3.63, 3.8) is 0 Å². The Morgan fingerprint density at radius 1 is 0.941 bits per heavy atom. The Labute approximate surface area is 209 Å². The molecule has 0 radical (unpaired) electrons. The molecule has 6 nitrogen and oxygen atoms in total. The summed E-state index contributed by atoms with van der Waals surface area (Å²) in [5.74, 6) is 4.13. The minimum atomic E-state index is -0.592. The molecule has 0 unspecified atom stereocenters. The zero-order valence-corrected chi connectivity index (χ0v) is 21.2. The molecular weight excluding hydrogens is 468 g/mol. The molecule has 184 valence electrons. The van der Waals surface area contributed by atoms with Crippen LogP contribution >= 0.6 is 21.6 Å². The van der Waals surface area contributed by atoms with Crippen molar-refractivity contribution in [3.05, 3.63) is 66.2 Å². The Kier molecular flexibility index (Phi) is 11.7. The second kappa shape index (κ2) is 15.0. The van der Waals surface area contributed by atoms with Gasteiger partial charge in [0.1, 0.15) is 18.5 Å². The number of rotatable bonds is 16. The average molecular weight is 503 g/mol. The molecule has 0 aliphatic carbocycles. The first-order valence-electron chi connectivity index (χ1n) is 11.4. The number of fused-ring (bicyclic) bond motifs is 1. The van der Waals surface area contributed by atoms with Gasteiger partial charge in [-0.2, -0.15) is 0 Å². The molecule has 0 heterocycles. The van der Waals surface area contributed by atoms with E-state index in [9.17, 15) is 5.11 Å². The molecule has 0 saturated heterocycles. The number of benzene rings is 3. The lowest BCUT2D eigenvalue weighted by molar-refractivity contribution is 0.107. The molecule has 0 amide bonds. The third-order valence-corrected chi connectivity index (χ3v) is 7.49. The van der Waals surface area contributed by atoms with Gasteiger partial charge >= 0.3 is 0 Å². The first kappa shape index (κ1) is 26.5. The standard InChI is InChI=1S/C26H34N2O4S2/c1-30-26-17-20(9-10-25(26)31-14-16-34-33-15-12-27)11-13-28-18-22(29)19-32-24-8-4-6-21-5-2-3-7-23(21)24/h2-10,17,22,28-29H,11-16,18-19,27H2,1H3/t22-/m0/s1. The molecule has 3 aromatic carbocycles. The summed E-state index contributed by atoms with van der Waals surface area (Å²) < 4.78 is 17.2. The number of hydrogen-bond acceptors (Lipinski definition) is 8. The maximum Gasteiger partial charge on any atom is 0.161 e. The quantitative estimate of drug-likeness (QED) is 0.199. The van der Waals surface area contributed by atoms with Gasteiger partial charge in [0.15, 0.2) is 11.5 Å². The summed E-state index contributed by atoms with van der Waals surface area (Å²) in [5.41, 5.74) is 6.64. The molecule has 0 aliphatic rings. The van der Waals surface area contributed by atoms with Gasteiger partial charge in [-0.05, 0) is 42.1 Å². The summed E-state index contributed by atoms with van der Waals surface area (Å²) in [6.07, 6.45) is 0.226. The van der Waals surface area contributed by atoms with E-state index < -0.39 is 6.10 Å². The number of methoxy groups -OCH3 is 1. The molecule has 0 spiro atoms. The van der Waals surface area contributed by atoms with Crippen LogP contribution in [0, 0.1) is 0 Å². The van der Waals surface area contributed by atoms with Crippen molar-refractivity contribution in [1.82, 2.24) is 5.32 Å². The van der Waals surface area contributed by atoms with E-state index in [1.807, 2.05) is 42.5 Å². The van der Waals surface area contributed by atoms with E-state index in [-0.39, 0.29) is 6.61 Å². The third kappa shape index (κ3) is 8.60. The van der Waals surface area contributed by atoms with Gasteiger partial charge in [-0.25, -0.2) is 0 Å². The fourth-order valence-electron chi connectivity index (χ4n) is 3.41. The Morgan fingerprint density at radius 2 is 1.76 bits per heavy atom. The van der Waals surface area contributed by atoms with Gasteiger partial charge in [0.05, 0.1) is 13.7 Å². The van der Waals surface area contributed by atoms with Gasteiger partial charge in [0.25, 0.3) is 0 Å². The number of nitrogens with two attached hydrogens (primary N) is 1. The lowest BCUT2D eigenvalue weighted by atomic mass is 10.1. The minimum absolute atomic E-state index is 0.240. The van der Waals surface area contributed by atoms with Crippen molar-refractivity contribution in [2.75, 3.05) is 51.5 Å². The van der Waals surface area contributed by atoms with Crippen LogP contribution in [0.4, 0.5) is 0 Å². The molecular formula is C26H34N2O4S2. The lowest BCUT2D eigenvalue weighted by Gasteiger charge is -2.15. The zero-order chi connectivity index (χ0) is 24.0. The molecule has 0 bridgehead atoms. The van der Waals surface area contributed by atoms with E-state index in [2.05, 4.69) is 23.5 Å². The van der Waals surface area contributed by atoms with Crippen LogP contribution < -0.4 is 25.3 Å². The fraction of sp³-hybridized carbons (Fsp3) is 0.385. The summed E-state index contributed by atoms with van der Waals surface area (Å²) in [6.45, 7) is 2.76. The molecule has 8 heteroatoms. The highest BCUT2D eigenvalue weighted by molar-refractivity contribution is 8.76. The van der Waals surface area contributed by atoms with E-state index in [1.54, 1.807) is 28.7 Å². The Morgan fingerprint density at radius 3 is 2.62 bits per heavy atom. The Bertz CT molecular complexity index is 1000. The topological polar surface area (TPSA) is 86.0 Å². The maximum absolute atomic E-state index is 10.3. The third-order valence-electron chi connectivity index (χ3n) is 5.09. The Balaban J connectivity index is 1.36. The van der Waals surface area contributed by atoms with Crippen LogP contribution in [0.3, 0.4) is 0 Å². The van der Waals surface area contributed by atoms with Crippen LogP contribution in [0.25, 0.3) is 10.8 Å². The van der Waals surface area contributed by atoms with Gasteiger partial charge in [-0.3, -0.25) is 0 Å². The van der Waals surface area contributed by atoms with Crippen molar-refractivity contribution < 1.29 is 19.3 Å². The maximum atomic E-state index is 10.3. The normalized spacial score (nSPS) is 12.0. The SMILES string of the molecule is COc1cc(CCNC[C@H](O)COc2cccc3ccccc23)ccc1OCCSSCCN. The van der Waals surface area contributed by atoms with Gasteiger partial charge < -0.3 is 30.4 Å². The monoisotopic (exact) mass is 502 g/mol. The zero-order valence-electron chi connectivity index (χ0n) is 19.6. The number of nitrogens with one attached hydrogen (secondary N) is 1. The summed E-state index contributed by atoms with van der Waals surface area (Å²) in [5, 5.41) is 15.8. The molecule has 0 aliphatic heterocycles. The molecule has 0 saturated carbocycles. The average Bonchev–Trinajstić information content (AvgIpc) is 2.87. The van der Waals surface area contributed by atoms with Crippen LogP contribution in [-0.4, -0.2) is 62.7 Å². The van der Waals surface area contributed by atoms with Crippen molar-refractivity contribution in [3.8, 4) is 17.2 Å². The number of hydrogen-bond donors (Lipinski definition) is 3. The van der Waals surface area contributed by atoms with Crippen molar-refractivity contribution >= 4 is 32.4 Å². The molecule has 0 aromatic heterocycles. The minimum Gasteiger partial charge on any atom is -0.493 e. The van der Waals surface area contributed by atoms with Gasteiger partial charge in [-0.15, -0.1) is 0 Å². The summed E-state index contributed by atoms with van der Waals surface area (Å²) >= 11 is 0. The largest absolute Gasteiger partial charge is 0.493 e. The van der Waals surface area contributed by atoms with Gasteiger partial charge in [0, 0.05) is 30.0 Å². The summed E-state index contributed by atoms with van der Waals surface area (Å²) in [7, 11) is 5.18. The van der Waals surface area contributed by atoms with Crippen molar-refractivity contribution in [1.29, 1.82) is 0 Å². The molecule has 1 atom stereocenters. The number of aliphatic hydroxyl groups excluding tert-OH is 1. The first-order valence-corrected chi connectivity index (χ1v) is 13.9. The summed E-state index contributed by atoms with van der Waals surface area (Å²) in [6, 6.07) is 20.0. The van der Waals surface area contributed by atoms with E-state index in [1.165, 1.54) is 0 Å². The first-order chi connectivity index (χ1) is 16.7.